The van der Waals surface area contributed by atoms with Crippen molar-refractivity contribution in [1.82, 2.24) is 10.7 Å². The molecule has 9 heteroatoms. The predicted molar refractivity (Wildman–Crippen MR) is 80.5 cm³/mol. The molecule has 0 saturated heterocycles. The lowest BCUT2D eigenvalue weighted by atomic mass is 10.3. The molecule has 1 aliphatic heterocycles. The van der Waals surface area contributed by atoms with E-state index in [-0.39, 0.29) is 5.69 Å². The molecule has 0 spiro atoms. The van der Waals surface area contributed by atoms with Gasteiger partial charge >= 0.3 is 6.09 Å². The zero-order valence-electron chi connectivity index (χ0n) is 11.6. The number of rotatable bonds is 3. The number of hydrogen-bond donors (Lipinski definition) is 1. The first-order valence-electron chi connectivity index (χ1n) is 6.47. The van der Waals surface area contributed by atoms with Gasteiger partial charge in [0.2, 0.25) is 0 Å². The number of para-hydroxylation sites is 1. The summed E-state index contributed by atoms with van der Waals surface area (Å²) < 4.78 is 5.19. The van der Waals surface area contributed by atoms with Crippen molar-refractivity contribution in [2.75, 3.05) is 5.01 Å². The Balaban J connectivity index is 1.75. The molecule has 0 saturated carbocycles. The first-order chi connectivity index (χ1) is 11.1. The van der Waals surface area contributed by atoms with Crippen LogP contribution in [0, 0.1) is 10.1 Å². The molecule has 0 fully saturated rings. The number of carbonyl (C=O) groups is 1. The van der Waals surface area contributed by atoms with Gasteiger partial charge in [-0.2, -0.15) is 0 Å². The van der Waals surface area contributed by atoms with Crippen molar-refractivity contribution >= 4 is 23.8 Å². The van der Waals surface area contributed by atoms with Gasteiger partial charge < -0.3 is 9.75 Å². The van der Waals surface area contributed by atoms with Crippen LogP contribution in [0.2, 0.25) is 0 Å². The molecule has 9 nitrogen and oxygen atoms in total. The summed E-state index contributed by atoms with van der Waals surface area (Å²) in [5, 5.41) is 16.6. The second-order valence-corrected chi connectivity index (χ2v) is 4.39. The maximum absolute atomic E-state index is 12.2. The lowest BCUT2D eigenvalue weighted by Crippen LogP contribution is -2.48. The van der Waals surface area contributed by atoms with Crippen molar-refractivity contribution in [2.45, 2.75) is 0 Å². The van der Waals surface area contributed by atoms with Crippen LogP contribution in [0.4, 0.5) is 16.2 Å². The molecule has 0 bridgehead atoms. The van der Waals surface area contributed by atoms with Crippen LogP contribution in [-0.4, -0.2) is 22.5 Å². The number of anilines is 1. The highest BCUT2D eigenvalue weighted by molar-refractivity contribution is 5.86. The largest absolute Gasteiger partial charge is 0.453 e. The zero-order chi connectivity index (χ0) is 16.2. The summed E-state index contributed by atoms with van der Waals surface area (Å²) in [5.74, 6) is 0.370. The SMILES string of the molecule is O=C(Oc1ccccc1)N1NN=[C-]N1c1ccc([N+](=O)[O-])cc1. The summed E-state index contributed by atoms with van der Waals surface area (Å²) >= 11 is 0. The first-order valence-corrected chi connectivity index (χ1v) is 6.47. The molecule has 1 aliphatic rings. The minimum Gasteiger partial charge on any atom is -0.408 e. The maximum Gasteiger partial charge on any atom is 0.453 e. The van der Waals surface area contributed by atoms with Gasteiger partial charge in [0.25, 0.3) is 5.69 Å². The number of nitro groups is 1. The van der Waals surface area contributed by atoms with Gasteiger partial charge in [0.15, 0.2) is 0 Å². The van der Waals surface area contributed by atoms with E-state index in [2.05, 4.69) is 17.0 Å². The Morgan fingerprint density at radius 3 is 2.52 bits per heavy atom. The molecule has 1 amide bonds. The zero-order valence-corrected chi connectivity index (χ0v) is 11.6. The Hall–Kier alpha value is -3.62. The molecular formula is C14H10N5O4-. The summed E-state index contributed by atoms with van der Waals surface area (Å²) in [6.07, 6.45) is 1.81. The number of carbonyl (C=O) groups excluding carboxylic acids is 1. The van der Waals surface area contributed by atoms with Crippen molar-refractivity contribution < 1.29 is 14.5 Å². The van der Waals surface area contributed by atoms with Gasteiger partial charge in [-0.1, -0.05) is 23.9 Å². The molecule has 2 aromatic rings. The number of nitrogens with one attached hydrogen (secondary N) is 1. The monoisotopic (exact) mass is 312 g/mol. The van der Waals surface area contributed by atoms with Gasteiger partial charge in [0, 0.05) is 12.1 Å². The fourth-order valence-electron chi connectivity index (χ4n) is 1.85. The molecule has 0 aromatic heterocycles. The number of nitro benzene ring substituents is 1. The van der Waals surface area contributed by atoms with Gasteiger partial charge in [0.1, 0.15) is 5.75 Å². The third-order valence-corrected chi connectivity index (χ3v) is 2.92. The molecular weight excluding hydrogens is 302 g/mol. The minimum atomic E-state index is -0.733. The minimum absolute atomic E-state index is 0.0590. The van der Waals surface area contributed by atoms with Crippen molar-refractivity contribution in [2.24, 2.45) is 5.10 Å². The van der Waals surface area contributed by atoms with Crippen molar-refractivity contribution in [3.05, 3.63) is 64.7 Å². The molecule has 2 aromatic carbocycles. The highest BCUT2D eigenvalue weighted by Gasteiger charge is 2.21. The van der Waals surface area contributed by atoms with Crippen molar-refractivity contribution in [1.29, 1.82) is 0 Å². The molecule has 3 rings (SSSR count). The Labute approximate surface area is 130 Å². The van der Waals surface area contributed by atoms with E-state index >= 15 is 0 Å². The fourth-order valence-corrected chi connectivity index (χ4v) is 1.85. The lowest BCUT2D eigenvalue weighted by molar-refractivity contribution is -0.384. The van der Waals surface area contributed by atoms with E-state index in [1.54, 1.807) is 30.3 Å². The second-order valence-electron chi connectivity index (χ2n) is 4.39. The second kappa shape index (κ2) is 6.02. The van der Waals surface area contributed by atoms with Crippen LogP contribution in [0.15, 0.2) is 59.7 Å². The summed E-state index contributed by atoms with van der Waals surface area (Å²) in [5.41, 5.74) is 2.82. The third kappa shape index (κ3) is 3.02. The Kier molecular flexibility index (Phi) is 3.75. The number of nitrogens with zero attached hydrogens (tertiary/aromatic N) is 4. The summed E-state index contributed by atoms with van der Waals surface area (Å²) in [4.78, 5) is 22.3. The van der Waals surface area contributed by atoms with E-state index in [4.69, 9.17) is 4.74 Å². The van der Waals surface area contributed by atoms with Crippen molar-refractivity contribution in [3.63, 3.8) is 0 Å². The lowest BCUT2D eigenvalue weighted by Gasteiger charge is -2.33. The normalized spacial score (nSPS) is 12.9. The van der Waals surface area contributed by atoms with Crippen LogP contribution in [0.5, 0.6) is 5.75 Å². The van der Waals surface area contributed by atoms with Gasteiger partial charge in [-0.05, 0) is 18.5 Å². The third-order valence-electron chi connectivity index (χ3n) is 2.92. The van der Waals surface area contributed by atoms with Crippen LogP contribution < -0.4 is 15.3 Å². The topological polar surface area (TPSA) is 100 Å². The number of hydrogen-bond acceptors (Lipinski definition) is 7. The highest BCUT2D eigenvalue weighted by Crippen LogP contribution is 2.21. The average Bonchev–Trinajstić information content (AvgIpc) is 3.05. The summed E-state index contributed by atoms with van der Waals surface area (Å²) in [6.45, 7) is 0. The predicted octanol–water partition coefficient (Wildman–Crippen LogP) is 2.16. The Morgan fingerprint density at radius 2 is 1.87 bits per heavy atom. The molecule has 0 aliphatic carbocycles. The standard InChI is InChI=1S/C14H10N5O4/c20-14(23-13-4-2-1-3-5-13)18-16-15-10-17(18)11-6-8-12(9-7-11)19(21)22/h1-9,16H/q-1. The van der Waals surface area contributed by atoms with Gasteiger partial charge in [-0.3, -0.25) is 15.2 Å². The van der Waals surface area contributed by atoms with E-state index in [1.807, 2.05) is 0 Å². The Morgan fingerprint density at radius 1 is 1.17 bits per heavy atom. The number of benzene rings is 2. The molecule has 0 radical (unpaired) electrons. The Bertz CT molecular complexity index is 748. The van der Waals surface area contributed by atoms with E-state index in [1.165, 1.54) is 29.3 Å². The van der Waals surface area contributed by atoms with Gasteiger partial charge in [-0.15, -0.1) is 17.3 Å². The summed E-state index contributed by atoms with van der Waals surface area (Å²) in [6, 6.07) is 14.1. The first kappa shape index (κ1) is 14.3. The van der Waals surface area contributed by atoms with Crippen LogP contribution in [0.25, 0.3) is 0 Å². The molecule has 1 heterocycles. The quantitative estimate of drug-likeness (QED) is 0.529. The molecule has 0 unspecified atom stereocenters. The number of non-ortho nitro benzene ring substituents is 1. The molecule has 0 atom stereocenters. The molecule has 23 heavy (non-hydrogen) atoms. The van der Waals surface area contributed by atoms with Gasteiger partial charge in [0.05, 0.1) is 4.92 Å². The van der Waals surface area contributed by atoms with E-state index in [0.29, 0.717) is 11.4 Å². The summed E-state index contributed by atoms with van der Waals surface area (Å²) in [7, 11) is 0. The van der Waals surface area contributed by atoms with Crippen LogP contribution in [0.3, 0.4) is 0 Å². The highest BCUT2D eigenvalue weighted by atomic mass is 16.6. The average molecular weight is 312 g/mol. The number of ether oxygens (including phenoxy) is 1. The van der Waals surface area contributed by atoms with E-state index in [0.717, 1.165) is 5.12 Å². The van der Waals surface area contributed by atoms with Crippen LogP contribution in [0.1, 0.15) is 0 Å². The molecule has 1 N–H and O–H groups in total. The fraction of sp³-hybridized carbons (Fsp3) is 0. The van der Waals surface area contributed by atoms with E-state index < -0.39 is 11.0 Å². The van der Waals surface area contributed by atoms with Crippen LogP contribution >= 0.6 is 0 Å². The maximum atomic E-state index is 12.2. The smallest absolute Gasteiger partial charge is 0.408 e. The van der Waals surface area contributed by atoms with E-state index in [9.17, 15) is 14.9 Å². The number of hydrazone groups is 1. The number of hydrazine groups is 2. The molecule has 116 valence electrons. The van der Waals surface area contributed by atoms with Gasteiger partial charge in [-0.25, -0.2) is 10.3 Å². The van der Waals surface area contributed by atoms with Crippen LogP contribution in [-0.2, 0) is 0 Å². The van der Waals surface area contributed by atoms with Crippen molar-refractivity contribution in [3.8, 4) is 5.75 Å². The number of amides is 1.